The van der Waals surface area contributed by atoms with Crippen molar-refractivity contribution in [2.75, 3.05) is 18.0 Å². The number of benzene rings is 1. The van der Waals surface area contributed by atoms with Crippen LogP contribution in [-0.2, 0) is 6.54 Å². The Balaban J connectivity index is 2.90. The standard InChI is InChI=1S/C13H21BrN2/c1-3-5-8-16(4-2)13-7-6-12(14)9-11(13)10-15/h6-7,9H,3-5,8,10,15H2,1-2H3. The lowest BCUT2D eigenvalue weighted by Crippen LogP contribution is -2.25. The highest BCUT2D eigenvalue weighted by Gasteiger charge is 2.08. The summed E-state index contributed by atoms with van der Waals surface area (Å²) in [7, 11) is 0. The van der Waals surface area contributed by atoms with E-state index in [0.717, 1.165) is 17.6 Å². The molecule has 0 aliphatic heterocycles. The van der Waals surface area contributed by atoms with Crippen LogP contribution in [0.2, 0.25) is 0 Å². The van der Waals surface area contributed by atoms with Gasteiger partial charge >= 0.3 is 0 Å². The van der Waals surface area contributed by atoms with Crippen LogP contribution in [-0.4, -0.2) is 13.1 Å². The monoisotopic (exact) mass is 284 g/mol. The average Bonchev–Trinajstić information content (AvgIpc) is 2.31. The van der Waals surface area contributed by atoms with Gasteiger partial charge in [0.25, 0.3) is 0 Å². The van der Waals surface area contributed by atoms with E-state index < -0.39 is 0 Å². The summed E-state index contributed by atoms with van der Waals surface area (Å²) in [6.07, 6.45) is 2.46. The highest BCUT2D eigenvalue weighted by atomic mass is 79.9. The summed E-state index contributed by atoms with van der Waals surface area (Å²) in [5.74, 6) is 0. The molecule has 0 saturated heterocycles. The second-order valence-corrected chi connectivity index (χ2v) is 4.83. The second kappa shape index (κ2) is 6.92. The Kier molecular flexibility index (Phi) is 5.85. The highest BCUT2D eigenvalue weighted by Crippen LogP contribution is 2.24. The first kappa shape index (κ1) is 13.5. The molecule has 0 amide bonds. The topological polar surface area (TPSA) is 29.3 Å². The predicted octanol–water partition coefficient (Wildman–Crippen LogP) is 3.53. The first-order chi connectivity index (χ1) is 7.72. The quantitative estimate of drug-likeness (QED) is 0.866. The van der Waals surface area contributed by atoms with Gasteiger partial charge in [0.1, 0.15) is 0 Å². The fourth-order valence-electron chi connectivity index (χ4n) is 1.82. The molecule has 1 aromatic carbocycles. The Bertz CT molecular complexity index is 326. The Hall–Kier alpha value is -0.540. The zero-order valence-electron chi connectivity index (χ0n) is 10.2. The Morgan fingerprint density at radius 2 is 2.06 bits per heavy atom. The number of nitrogens with zero attached hydrogens (tertiary/aromatic N) is 1. The lowest BCUT2D eigenvalue weighted by Gasteiger charge is -2.25. The van der Waals surface area contributed by atoms with Crippen LogP contribution >= 0.6 is 15.9 Å². The first-order valence-electron chi connectivity index (χ1n) is 5.96. The molecule has 3 heteroatoms. The fourth-order valence-corrected chi connectivity index (χ4v) is 2.23. The van der Waals surface area contributed by atoms with Gasteiger partial charge in [-0.15, -0.1) is 0 Å². The summed E-state index contributed by atoms with van der Waals surface area (Å²) in [5.41, 5.74) is 8.29. The van der Waals surface area contributed by atoms with Gasteiger partial charge in [0.05, 0.1) is 0 Å². The number of hydrogen-bond donors (Lipinski definition) is 1. The van der Waals surface area contributed by atoms with Crippen molar-refractivity contribution in [3.8, 4) is 0 Å². The Morgan fingerprint density at radius 1 is 1.31 bits per heavy atom. The number of hydrogen-bond acceptors (Lipinski definition) is 2. The molecule has 0 heterocycles. The van der Waals surface area contributed by atoms with E-state index in [9.17, 15) is 0 Å². The normalized spacial score (nSPS) is 10.5. The molecular weight excluding hydrogens is 264 g/mol. The third-order valence-electron chi connectivity index (χ3n) is 2.77. The number of rotatable bonds is 6. The maximum Gasteiger partial charge on any atom is 0.0412 e. The first-order valence-corrected chi connectivity index (χ1v) is 6.75. The van der Waals surface area contributed by atoms with Crippen LogP contribution in [0.1, 0.15) is 32.3 Å². The minimum Gasteiger partial charge on any atom is -0.372 e. The van der Waals surface area contributed by atoms with Gasteiger partial charge in [0.2, 0.25) is 0 Å². The van der Waals surface area contributed by atoms with E-state index in [1.54, 1.807) is 0 Å². The molecule has 1 rings (SSSR count). The van der Waals surface area contributed by atoms with Crippen LogP contribution in [0.5, 0.6) is 0 Å². The minimum atomic E-state index is 0.595. The van der Waals surface area contributed by atoms with E-state index in [4.69, 9.17) is 5.73 Å². The maximum absolute atomic E-state index is 5.79. The van der Waals surface area contributed by atoms with Crippen molar-refractivity contribution in [2.45, 2.75) is 33.2 Å². The van der Waals surface area contributed by atoms with Crippen LogP contribution in [0, 0.1) is 0 Å². The molecule has 0 radical (unpaired) electrons. The van der Waals surface area contributed by atoms with Gasteiger partial charge in [-0.1, -0.05) is 29.3 Å². The minimum absolute atomic E-state index is 0.595. The van der Waals surface area contributed by atoms with Gasteiger partial charge in [-0.2, -0.15) is 0 Å². The largest absolute Gasteiger partial charge is 0.372 e. The highest BCUT2D eigenvalue weighted by molar-refractivity contribution is 9.10. The number of unbranched alkanes of at least 4 members (excludes halogenated alkanes) is 1. The number of anilines is 1. The van der Waals surface area contributed by atoms with Crippen LogP contribution in [0.3, 0.4) is 0 Å². The van der Waals surface area contributed by atoms with Crippen molar-refractivity contribution in [3.63, 3.8) is 0 Å². The van der Waals surface area contributed by atoms with Gasteiger partial charge in [-0.05, 0) is 37.1 Å². The molecule has 0 fully saturated rings. The SMILES string of the molecule is CCCCN(CC)c1ccc(Br)cc1CN. The molecule has 0 saturated carbocycles. The van der Waals surface area contributed by atoms with Crippen molar-refractivity contribution < 1.29 is 0 Å². The van der Waals surface area contributed by atoms with E-state index in [1.165, 1.54) is 24.1 Å². The molecule has 16 heavy (non-hydrogen) atoms. The van der Waals surface area contributed by atoms with Crippen molar-refractivity contribution in [1.82, 2.24) is 0 Å². The molecule has 0 aromatic heterocycles. The van der Waals surface area contributed by atoms with Crippen molar-refractivity contribution in [2.24, 2.45) is 5.73 Å². The molecule has 0 aliphatic carbocycles. The Morgan fingerprint density at radius 3 is 2.62 bits per heavy atom. The molecule has 2 N–H and O–H groups in total. The summed E-state index contributed by atoms with van der Waals surface area (Å²) in [6.45, 7) is 7.16. The summed E-state index contributed by atoms with van der Waals surface area (Å²) in [6, 6.07) is 6.36. The van der Waals surface area contributed by atoms with Crippen LogP contribution in [0.15, 0.2) is 22.7 Å². The predicted molar refractivity (Wildman–Crippen MR) is 74.8 cm³/mol. The average molecular weight is 285 g/mol. The molecule has 0 spiro atoms. The van der Waals surface area contributed by atoms with E-state index in [-0.39, 0.29) is 0 Å². The van der Waals surface area contributed by atoms with Gasteiger partial charge in [-0.3, -0.25) is 0 Å². The second-order valence-electron chi connectivity index (χ2n) is 3.91. The van der Waals surface area contributed by atoms with Crippen LogP contribution in [0.25, 0.3) is 0 Å². The molecular formula is C13H21BrN2. The molecule has 2 nitrogen and oxygen atoms in total. The van der Waals surface area contributed by atoms with E-state index in [1.807, 2.05) is 0 Å². The number of nitrogens with two attached hydrogens (primary N) is 1. The molecule has 0 unspecified atom stereocenters. The van der Waals surface area contributed by atoms with Crippen molar-refractivity contribution in [1.29, 1.82) is 0 Å². The molecule has 0 aliphatic rings. The Labute approximate surface area is 107 Å². The molecule has 1 aromatic rings. The molecule has 0 bridgehead atoms. The van der Waals surface area contributed by atoms with Gasteiger partial charge < -0.3 is 10.6 Å². The third-order valence-corrected chi connectivity index (χ3v) is 3.26. The van der Waals surface area contributed by atoms with Gasteiger partial charge in [-0.25, -0.2) is 0 Å². The molecule has 0 atom stereocenters. The zero-order valence-corrected chi connectivity index (χ0v) is 11.8. The summed E-state index contributed by atoms with van der Waals surface area (Å²) >= 11 is 3.49. The summed E-state index contributed by atoms with van der Waals surface area (Å²) in [4.78, 5) is 2.40. The fraction of sp³-hybridized carbons (Fsp3) is 0.538. The van der Waals surface area contributed by atoms with E-state index in [2.05, 4.69) is 52.9 Å². The maximum atomic E-state index is 5.79. The van der Waals surface area contributed by atoms with Crippen LogP contribution in [0.4, 0.5) is 5.69 Å². The lowest BCUT2D eigenvalue weighted by atomic mass is 10.1. The van der Waals surface area contributed by atoms with Gasteiger partial charge in [0, 0.05) is 29.8 Å². The third kappa shape index (κ3) is 3.49. The van der Waals surface area contributed by atoms with Crippen molar-refractivity contribution >= 4 is 21.6 Å². The molecule has 90 valence electrons. The van der Waals surface area contributed by atoms with Crippen molar-refractivity contribution in [3.05, 3.63) is 28.2 Å². The lowest BCUT2D eigenvalue weighted by molar-refractivity contribution is 0.728. The zero-order chi connectivity index (χ0) is 12.0. The smallest absolute Gasteiger partial charge is 0.0412 e. The summed E-state index contributed by atoms with van der Waals surface area (Å²) < 4.78 is 1.10. The summed E-state index contributed by atoms with van der Waals surface area (Å²) in [5, 5.41) is 0. The van der Waals surface area contributed by atoms with E-state index >= 15 is 0 Å². The van der Waals surface area contributed by atoms with Gasteiger partial charge in [0.15, 0.2) is 0 Å². The van der Waals surface area contributed by atoms with E-state index in [0.29, 0.717) is 6.54 Å². The van der Waals surface area contributed by atoms with Crippen LogP contribution < -0.4 is 10.6 Å². The number of halogens is 1.